The molecule has 0 aliphatic rings. The molecule has 1 N–H and O–H groups in total. The summed E-state index contributed by atoms with van der Waals surface area (Å²) in [4.78, 5) is 11.0. The Hall–Kier alpha value is -0.350. The third kappa shape index (κ3) is 3.31. The van der Waals surface area contributed by atoms with E-state index in [1.807, 2.05) is 12.1 Å². The fraction of sp³-hybridized carbons (Fsp3) is 0.364. The highest BCUT2D eigenvalue weighted by atomic mass is 79.9. The lowest BCUT2D eigenvalue weighted by Crippen LogP contribution is -2.07. The number of anilines is 1. The first-order chi connectivity index (χ1) is 6.91. The van der Waals surface area contributed by atoms with Crippen molar-refractivity contribution in [1.29, 1.82) is 0 Å². The number of amides is 1. The average molecular weight is 335 g/mol. The molecule has 82 valence electrons. The van der Waals surface area contributed by atoms with Crippen LogP contribution in [0, 0.1) is 0 Å². The van der Waals surface area contributed by atoms with Gasteiger partial charge in [0, 0.05) is 15.9 Å². The van der Waals surface area contributed by atoms with Crippen molar-refractivity contribution in [2.75, 3.05) is 5.32 Å². The zero-order valence-corrected chi connectivity index (χ0v) is 12.1. The largest absolute Gasteiger partial charge is 0.324 e. The van der Waals surface area contributed by atoms with E-state index in [0.29, 0.717) is 5.92 Å². The van der Waals surface area contributed by atoms with Crippen LogP contribution in [0.5, 0.6) is 0 Å². The summed E-state index contributed by atoms with van der Waals surface area (Å²) in [6.07, 6.45) is 0. The Bertz CT molecular complexity index is 365. The summed E-state index contributed by atoms with van der Waals surface area (Å²) in [6, 6.07) is 4.06. The molecule has 0 atom stereocenters. The molecule has 1 amide bonds. The maximum Gasteiger partial charge on any atom is 0.221 e. The minimum Gasteiger partial charge on any atom is -0.324 e. The standard InChI is InChI=1S/C11H13Br2NO/c1-6(2)8-4-9(12)11(10(13)5-8)14-7(3)15/h4-6H,1-3H3,(H,14,15). The van der Waals surface area contributed by atoms with Gasteiger partial charge in [0.15, 0.2) is 0 Å². The van der Waals surface area contributed by atoms with Crippen molar-refractivity contribution >= 4 is 43.5 Å². The van der Waals surface area contributed by atoms with E-state index in [-0.39, 0.29) is 5.91 Å². The van der Waals surface area contributed by atoms with Crippen LogP contribution in [0.3, 0.4) is 0 Å². The molecule has 0 fully saturated rings. The number of hydrogen-bond donors (Lipinski definition) is 1. The SMILES string of the molecule is CC(=O)Nc1c(Br)cc(C(C)C)cc1Br. The molecule has 4 heteroatoms. The monoisotopic (exact) mass is 333 g/mol. The predicted molar refractivity (Wildman–Crippen MR) is 70.2 cm³/mol. The number of benzene rings is 1. The zero-order valence-electron chi connectivity index (χ0n) is 8.90. The zero-order chi connectivity index (χ0) is 11.6. The van der Waals surface area contributed by atoms with Crippen molar-refractivity contribution in [3.05, 3.63) is 26.6 Å². The maximum atomic E-state index is 11.0. The van der Waals surface area contributed by atoms with Gasteiger partial charge in [-0.1, -0.05) is 13.8 Å². The molecule has 0 radical (unpaired) electrons. The van der Waals surface area contributed by atoms with Crippen LogP contribution in [-0.2, 0) is 4.79 Å². The van der Waals surface area contributed by atoms with Crippen molar-refractivity contribution in [2.45, 2.75) is 26.7 Å². The lowest BCUT2D eigenvalue weighted by molar-refractivity contribution is -0.114. The van der Waals surface area contributed by atoms with Crippen LogP contribution in [0.2, 0.25) is 0 Å². The average Bonchev–Trinajstić information content (AvgIpc) is 2.10. The van der Waals surface area contributed by atoms with Gasteiger partial charge in [-0.05, 0) is 55.5 Å². The van der Waals surface area contributed by atoms with Gasteiger partial charge in [-0.2, -0.15) is 0 Å². The van der Waals surface area contributed by atoms with E-state index in [4.69, 9.17) is 0 Å². The van der Waals surface area contributed by atoms with E-state index in [0.717, 1.165) is 14.6 Å². The van der Waals surface area contributed by atoms with E-state index in [9.17, 15) is 4.79 Å². The summed E-state index contributed by atoms with van der Waals surface area (Å²) < 4.78 is 1.80. The lowest BCUT2D eigenvalue weighted by Gasteiger charge is -2.12. The fourth-order valence-electron chi connectivity index (χ4n) is 1.22. The van der Waals surface area contributed by atoms with Gasteiger partial charge in [-0.15, -0.1) is 0 Å². The Balaban J connectivity index is 3.15. The summed E-state index contributed by atoms with van der Waals surface area (Å²) >= 11 is 6.90. The van der Waals surface area contributed by atoms with E-state index < -0.39 is 0 Å². The third-order valence-electron chi connectivity index (χ3n) is 2.03. The minimum atomic E-state index is -0.0753. The highest BCUT2D eigenvalue weighted by Gasteiger charge is 2.10. The van der Waals surface area contributed by atoms with Gasteiger partial charge in [0.05, 0.1) is 5.69 Å². The first-order valence-corrected chi connectivity index (χ1v) is 6.27. The molecule has 0 saturated heterocycles. The molecule has 0 unspecified atom stereocenters. The van der Waals surface area contributed by atoms with Gasteiger partial charge in [-0.25, -0.2) is 0 Å². The molecule has 1 rings (SSSR count). The molecule has 15 heavy (non-hydrogen) atoms. The molecule has 0 aliphatic carbocycles. The number of rotatable bonds is 2. The second-order valence-corrected chi connectivity index (χ2v) is 5.40. The van der Waals surface area contributed by atoms with E-state index in [1.165, 1.54) is 12.5 Å². The molecule has 0 bridgehead atoms. The van der Waals surface area contributed by atoms with Crippen LogP contribution in [0.1, 0.15) is 32.3 Å². The van der Waals surface area contributed by atoms with Gasteiger partial charge >= 0.3 is 0 Å². The highest BCUT2D eigenvalue weighted by molar-refractivity contribution is 9.11. The van der Waals surface area contributed by atoms with E-state index in [1.54, 1.807) is 0 Å². The van der Waals surface area contributed by atoms with E-state index >= 15 is 0 Å². The number of hydrogen-bond acceptors (Lipinski definition) is 1. The van der Waals surface area contributed by atoms with Crippen molar-refractivity contribution in [3.63, 3.8) is 0 Å². The summed E-state index contributed by atoms with van der Waals surface area (Å²) in [7, 11) is 0. The maximum absolute atomic E-state index is 11.0. The van der Waals surface area contributed by atoms with Crippen molar-refractivity contribution in [3.8, 4) is 0 Å². The summed E-state index contributed by atoms with van der Waals surface area (Å²) in [5, 5.41) is 2.77. The van der Waals surface area contributed by atoms with Crippen LogP contribution in [0.25, 0.3) is 0 Å². The summed E-state index contributed by atoms with van der Waals surface area (Å²) in [6.45, 7) is 5.76. The Morgan fingerprint density at radius 1 is 1.27 bits per heavy atom. The van der Waals surface area contributed by atoms with Gasteiger partial charge < -0.3 is 5.32 Å². The Morgan fingerprint density at radius 3 is 2.07 bits per heavy atom. The summed E-state index contributed by atoms with van der Waals surface area (Å²) in [5.41, 5.74) is 2.01. The molecule has 0 heterocycles. The Labute approximate surface area is 107 Å². The quantitative estimate of drug-likeness (QED) is 0.858. The molecule has 0 saturated carbocycles. The Morgan fingerprint density at radius 2 is 1.73 bits per heavy atom. The second-order valence-electron chi connectivity index (χ2n) is 3.70. The number of nitrogens with one attached hydrogen (secondary N) is 1. The van der Waals surface area contributed by atoms with Crippen LogP contribution in [0.15, 0.2) is 21.1 Å². The normalized spacial score (nSPS) is 10.5. The summed E-state index contributed by atoms with van der Waals surface area (Å²) in [5.74, 6) is 0.387. The first-order valence-electron chi connectivity index (χ1n) is 4.68. The molecule has 2 nitrogen and oxygen atoms in total. The number of carbonyl (C=O) groups is 1. The third-order valence-corrected chi connectivity index (χ3v) is 3.28. The topological polar surface area (TPSA) is 29.1 Å². The van der Waals surface area contributed by atoms with Crippen LogP contribution < -0.4 is 5.32 Å². The number of halogens is 2. The molecule has 0 spiro atoms. The highest BCUT2D eigenvalue weighted by Crippen LogP contribution is 2.34. The van der Waals surface area contributed by atoms with Crippen LogP contribution in [0.4, 0.5) is 5.69 Å². The number of carbonyl (C=O) groups excluding carboxylic acids is 1. The van der Waals surface area contributed by atoms with Gasteiger partial charge in [0.1, 0.15) is 0 Å². The van der Waals surface area contributed by atoms with Gasteiger partial charge in [-0.3, -0.25) is 4.79 Å². The van der Waals surface area contributed by atoms with Crippen molar-refractivity contribution in [2.24, 2.45) is 0 Å². The molecule has 0 aromatic heterocycles. The lowest BCUT2D eigenvalue weighted by atomic mass is 10.0. The molecule has 1 aromatic carbocycles. The molecule has 0 aliphatic heterocycles. The predicted octanol–water partition coefficient (Wildman–Crippen LogP) is 4.29. The smallest absolute Gasteiger partial charge is 0.221 e. The van der Waals surface area contributed by atoms with Gasteiger partial charge in [0.25, 0.3) is 0 Å². The van der Waals surface area contributed by atoms with Gasteiger partial charge in [0.2, 0.25) is 5.91 Å². The minimum absolute atomic E-state index is 0.0753. The molecular weight excluding hydrogens is 322 g/mol. The second kappa shape index (κ2) is 5.12. The van der Waals surface area contributed by atoms with Crippen LogP contribution in [-0.4, -0.2) is 5.91 Å². The molecule has 1 aromatic rings. The van der Waals surface area contributed by atoms with Crippen molar-refractivity contribution < 1.29 is 4.79 Å². The fourth-order valence-corrected chi connectivity index (χ4v) is 2.64. The molecular formula is C11H13Br2NO. The first kappa shape index (κ1) is 12.7. The van der Waals surface area contributed by atoms with E-state index in [2.05, 4.69) is 51.0 Å². The van der Waals surface area contributed by atoms with Crippen LogP contribution >= 0.6 is 31.9 Å². The van der Waals surface area contributed by atoms with Crippen molar-refractivity contribution in [1.82, 2.24) is 0 Å². The Kier molecular flexibility index (Phi) is 4.34.